The first-order chi connectivity index (χ1) is 17.3. The van der Waals surface area contributed by atoms with E-state index in [1.165, 1.54) is 11.8 Å². The molecule has 0 fully saturated rings. The first kappa shape index (κ1) is 26.3. The van der Waals surface area contributed by atoms with Gasteiger partial charge in [-0.25, -0.2) is 0 Å². The molecular formula is C28H28Cl2N4OS. The van der Waals surface area contributed by atoms with Gasteiger partial charge in [0.05, 0.1) is 16.5 Å². The fraction of sp³-hybridized carbons (Fsp3) is 0.250. The Morgan fingerprint density at radius 3 is 2.31 bits per heavy atom. The number of nitrogens with zero attached hydrogens (tertiary/aromatic N) is 4. The monoisotopic (exact) mass is 538 g/mol. The van der Waals surface area contributed by atoms with Crippen LogP contribution in [0.1, 0.15) is 39.2 Å². The quantitative estimate of drug-likeness (QED) is 0.214. The third kappa shape index (κ3) is 5.61. The summed E-state index contributed by atoms with van der Waals surface area (Å²) in [6.45, 7) is 8.32. The van der Waals surface area contributed by atoms with E-state index >= 15 is 0 Å². The van der Waals surface area contributed by atoms with E-state index in [1.807, 2.05) is 77.9 Å². The zero-order chi connectivity index (χ0) is 25.8. The summed E-state index contributed by atoms with van der Waals surface area (Å²) in [4.78, 5) is 15.2. The van der Waals surface area contributed by atoms with Gasteiger partial charge in [0.1, 0.15) is 0 Å². The predicted octanol–water partition coefficient (Wildman–Crippen LogP) is 7.90. The Balaban J connectivity index is 1.75. The van der Waals surface area contributed by atoms with Crippen LogP contribution in [0.3, 0.4) is 0 Å². The fourth-order valence-corrected chi connectivity index (χ4v) is 5.42. The van der Waals surface area contributed by atoms with Crippen molar-refractivity contribution in [3.05, 3.63) is 88.4 Å². The standard InChI is InChI=1S/C28H28Cl2N4OS/c1-18(2)22-12-8-9-13-25(22)34-27(23-15-14-20(29)16-24(23)30)31-32-28(34)36-17-26(35)33(19(3)4)21-10-6-5-7-11-21/h5-16,18-19H,17H2,1-4H3. The van der Waals surface area contributed by atoms with Crippen LogP contribution in [-0.4, -0.2) is 32.5 Å². The van der Waals surface area contributed by atoms with Gasteiger partial charge in [-0.1, -0.05) is 85.2 Å². The molecule has 0 saturated heterocycles. The summed E-state index contributed by atoms with van der Waals surface area (Å²) in [6, 6.07) is 23.2. The van der Waals surface area contributed by atoms with Crippen molar-refractivity contribution >= 4 is 46.6 Å². The lowest BCUT2D eigenvalue weighted by molar-refractivity contribution is -0.116. The van der Waals surface area contributed by atoms with E-state index < -0.39 is 0 Å². The van der Waals surface area contributed by atoms with Gasteiger partial charge < -0.3 is 4.90 Å². The largest absolute Gasteiger partial charge is 0.309 e. The summed E-state index contributed by atoms with van der Waals surface area (Å²) >= 11 is 14.1. The number of carbonyl (C=O) groups excluding carboxylic acids is 1. The van der Waals surface area contributed by atoms with Crippen molar-refractivity contribution in [1.82, 2.24) is 14.8 Å². The highest BCUT2D eigenvalue weighted by Crippen LogP contribution is 2.36. The number of halogens is 2. The molecule has 1 heterocycles. The number of amides is 1. The minimum absolute atomic E-state index is 0.000954. The van der Waals surface area contributed by atoms with E-state index in [0.717, 1.165) is 22.5 Å². The van der Waals surface area contributed by atoms with Crippen molar-refractivity contribution in [3.63, 3.8) is 0 Å². The first-order valence-electron chi connectivity index (χ1n) is 11.8. The van der Waals surface area contributed by atoms with E-state index in [2.05, 4.69) is 30.1 Å². The Morgan fingerprint density at radius 2 is 1.64 bits per heavy atom. The average molecular weight is 540 g/mol. The summed E-state index contributed by atoms with van der Waals surface area (Å²) in [6.07, 6.45) is 0. The van der Waals surface area contributed by atoms with Gasteiger partial charge in [0.25, 0.3) is 0 Å². The molecule has 0 aliphatic rings. The highest BCUT2D eigenvalue weighted by atomic mass is 35.5. The van der Waals surface area contributed by atoms with Crippen LogP contribution in [0.5, 0.6) is 0 Å². The van der Waals surface area contributed by atoms with Crippen molar-refractivity contribution in [2.45, 2.75) is 44.8 Å². The van der Waals surface area contributed by atoms with E-state index in [0.29, 0.717) is 21.0 Å². The average Bonchev–Trinajstić information content (AvgIpc) is 3.26. The molecule has 0 aliphatic carbocycles. The second-order valence-electron chi connectivity index (χ2n) is 8.96. The Kier molecular flexibility index (Phi) is 8.39. The molecule has 0 atom stereocenters. The molecule has 0 unspecified atom stereocenters. The van der Waals surface area contributed by atoms with E-state index in [9.17, 15) is 4.79 Å². The summed E-state index contributed by atoms with van der Waals surface area (Å²) in [5, 5.41) is 10.7. The maximum atomic E-state index is 13.4. The molecule has 0 N–H and O–H groups in total. The van der Waals surface area contributed by atoms with Crippen LogP contribution in [0.15, 0.2) is 78.0 Å². The fourth-order valence-electron chi connectivity index (χ4n) is 4.12. The SMILES string of the molecule is CC(C)c1ccccc1-n1c(SCC(=O)N(c2ccccc2)C(C)C)nnc1-c1ccc(Cl)cc1Cl. The number of hydrogen-bond acceptors (Lipinski definition) is 4. The summed E-state index contributed by atoms with van der Waals surface area (Å²) < 4.78 is 1.99. The Morgan fingerprint density at radius 1 is 0.944 bits per heavy atom. The van der Waals surface area contributed by atoms with Crippen molar-refractivity contribution in [1.29, 1.82) is 0 Å². The highest BCUT2D eigenvalue weighted by Gasteiger charge is 2.24. The molecule has 186 valence electrons. The lowest BCUT2D eigenvalue weighted by atomic mass is 10.0. The minimum Gasteiger partial charge on any atom is -0.309 e. The number of para-hydroxylation sites is 2. The van der Waals surface area contributed by atoms with E-state index in [1.54, 1.807) is 12.1 Å². The Hall–Kier alpha value is -2.80. The molecular weight excluding hydrogens is 511 g/mol. The van der Waals surface area contributed by atoms with Gasteiger partial charge in [0.2, 0.25) is 5.91 Å². The van der Waals surface area contributed by atoms with E-state index in [-0.39, 0.29) is 23.6 Å². The molecule has 5 nitrogen and oxygen atoms in total. The van der Waals surface area contributed by atoms with Crippen LogP contribution in [-0.2, 0) is 4.79 Å². The van der Waals surface area contributed by atoms with Gasteiger partial charge in [-0.3, -0.25) is 9.36 Å². The van der Waals surface area contributed by atoms with Gasteiger partial charge in [-0.15, -0.1) is 10.2 Å². The molecule has 1 amide bonds. The number of carbonyl (C=O) groups is 1. The second kappa shape index (κ2) is 11.5. The normalized spacial score (nSPS) is 11.3. The second-order valence-corrected chi connectivity index (χ2v) is 10.7. The maximum absolute atomic E-state index is 13.4. The lowest BCUT2D eigenvalue weighted by Gasteiger charge is -2.26. The van der Waals surface area contributed by atoms with Crippen LogP contribution in [0.2, 0.25) is 10.0 Å². The topological polar surface area (TPSA) is 51.0 Å². The van der Waals surface area contributed by atoms with Crippen LogP contribution >= 0.6 is 35.0 Å². The molecule has 0 bridgehead atoms. The van der Waals surface area contributed by atoms with Crippen LogP contribution in [0.25, 0.3) is 17.1 Å². The number of benzene rings is 3. The Bertz CT molecular complexity index is 1350. The molecule has 0 radical (unpaired) electrons. The molecule has 4 rings (SSSR count). The van der Waals surface area contributed by atoms with Crippen LogP contribution < -0.4 is 4.90 Å². The number of aromatic nitrogens is 3. The van der Waals surface area contributed by atoms with Crippen molar-refractivity contribution in [3.8, 4) is 17.1 Å². The molecule has 8 heteroatoms. The zero-order valence-electron chi connectivity index (χ0n) is 20.7. The maximum Gasteiger partial charge on any atom is 0.237 e. The molecule has 0 aliphatic heterocycles. The minimum atomic E-state index is -0.000954. The number of anilines is 1. The van der Waals surface area contributed by atoms with Crippen LogP contribution in [0.4, 0.5) is 5.69 Å². The zero-order valence-corrected chi connectivity index (χ0v) is 23.0. The smallest absolute Gasteiger partial charge is 0.237 e. The third-order valence-electron chi connectivity index (χ3n) is 5.75. The number of thioether (sulfide) groups is 1. The molecule has 3 aromatic carbocycles. The van der Waals surface area contributed by atoms with Crippen molar-refractivity contribution < 1.29 is 4.79 Å². The molecule has 4 aromatic rings. The van der Waals surface area contributed by atoms with Gasteiger partial charge in [-0.05, 0) is 61.7 Å². The molecule has 0 spiro atoms. The van der Waals surface area contributed by atoms with E-state index in [4.69, 9.17) is 23.2 Å². The van der Waals surface area contributed by atoms with Gasteiger partial charge >= 0.3 is 0 Å². The summed E-state index contributed by atoms with van der Waals surface area (Å²) in [5.74, 6) is 1.08. The predicted molar refractivity (Wildman–Crippen MR) is 151 cm³/mol. The summed E-state index contributed by atoms with van der Waals surface area (Å²) in [7, 11) is 0. The first-order valence-corrected chi connectivity index (χ1v) is 13.5. The Labute approximate surface area is 226 Å². The highest BCUT2D eigenvalue weighted by molar-refractivity contribution is 7.99. The molecule has 1 aromatic heterocycles. The lowest BCUT2D eigenvalue weighted by Crippen LogP contribution is -2.38. The van der Waals surface area contributed by atoms with Gasteiger partial charge in [-0.2, -0.15) is 0 Å². The van der Waals surface area contributed by atoms with Gasteiger partial charge in [0, 0.05) is 22.3 Å². The summed E-state index contributed by atoms with van der Waals surface area (Å²) in [5.41, 5.74) is 3.69. The number of hydrogen-bond donors (Lipinski definition) is 0. The molecule has 0 saturated carbocycles. The van der Waals surface area contributed by atoms with Crippen molar-refractivity contribution in [2.75, 3.05) is 10.7 Å². The number of rotatable bonds is 8. The third-order valence-corrected chi connectivity index (χ3v) is 7.21. The molecule has 36 heavy (non-hydrogen) atoms. The van der Waals surface area contributed by atoms with Gasteiger partial charge in [0.15, 0.2) is 11.0 Å². The van der Waals surface area contributed by atoms with Crippen molar-refractivity contribution in [2.24, 2.45) is 0 Å². The van der Waals surface area contributed by atoms with Crippen LogP contribution in [0, 0.1) is 0 Å².